The van der Waals surface area contributed by atoms with Crippen molar-refractivity contribution in [1.82, 2.24) is 39.9 Å². The number of benzene rings is 14. The SMILES string of the molecule is c1ccc(-c2nc(-c3ccccc3)nc(-c3ccc(-c4ccc5c(ccc6ccc7cc8c(cc7c65)sc5ccccc58)c4)nc3)n2)cc1.c1ccc(-c2nc(-c3ccccc3)nc(-c3ccc(-c4ccc5c(ccc6ccc7cc8sc9ccccc9c8cc7c65)c4)nc3)n2)cc1. The van der Waals surface area contributed by atoms with Gasteiger partial charge in [-0.15, -0.1) is 22.7 Å². The maximum absolute atomic E-state index is 4.91. The molecule has 0 atom stereocenters. The minimum absolute atomic E-state index is 0.594. The lowest BCUT2D eigenvalue weighted by atomic mass is 9.94. The Morgan fingerprint density at radius 3 is 0.918 bits per heavy atom. The number of pyridine rings is 2. The Kier molecular flexibility index (Phi) is 13.8. The lowest BCUT2D eigenvalue weighted by molar-refractivity contribution is 1.07. The van der Waals surface area contributed by atoms with Gasteiger partial charge >= 0.3 is 0 Å². The van der Waals surface area contributed by atoms with Crippen LogP contribution in [-0.4, -0.2) is 39.9 Å². The molecule has 14 aromatic carbocycles. The third-order valence-electron chi connectivity index (χ3n) is 18.7. The van der Waals surface area contributed by atoms with Crippen LogP contribution in [0, 0.1) is 0 Å². The molecular formula is C88H52N8S2. The Morgan fingerprint density at radius 2 is 0.510 bits per heavy atom. The van der Waals surface area contributed by atoms with Gasteiger partial charge < -0.3 is 0 Å². The molecule has 10 heteroatoms. The number of nitrogens with zero attached hydrogens (tertiary/aromatic N) is 8. The Morgan fingerprint density at radius 1 is 0.184 bits per heavy atom. The minimum Gasteiger partial charge on any atom is -0.255 e. The molecular weight excluding hydrogens is 1230 g/mol. The maximum atomic E-state index is 4.91. The second-order valence-corrected chi connectivity index (χ2v) is 26.8. The highest BCUT2D eigenvalue weighted by Gasteiger charge is 2.18. The van der Waals surface area contributed by atoms with Crippen LogP contribution < -0.4 is 0 Å². The van der Waals surface area contributed by atoms with E-state index in [-0.39, 0.29) is 0 Å². The molecule has 456 valence electrons. The number of hydrogen-bond acceptors (Lipinski definition) is 10. The van der Waals surface area contributed by atoms with Crippen molar-refractivity contribution in [1.29, 1.82) is 0 Å². The predicted octanol–water partition coefficient (Wildman–Crippen LogP) is 23.5. The highest BCUT2D eigenvalue weighted by Crippen LogP contribution is 2.43. The lowest BCUT2D eigenvalue weighted by Crippen LogP contribution is -2.00. The van der Waals surface area contributed by atoms with E-state index in [4.69, 9.17) is 39.9 Å². The fourth-order valence-electron chi connectivity index (χ4n) is 13.8. The standard InChI is InChI=1S/2C44H26N4S/c1-3-9-28(10-4-1)42-46-43(29-11-5-2-6-12-29)48-44(47-42)33-20-22-38(45-26-33)32-19-21-34-30(23-32)17-15-27-16-18-31-24-40-37(25-36(31)41(27)34)35-13-7-8-14-39(35)49-40;1-3-9-28(10-4-1)42-46-43(29-11-5-2-6-12-29)48-44(47-42)33-20-22-38(45-26-33)32-19-21-34-30(23-32)17-15-27-16-18-31-24-37-35-13-7-8-14-39(35)49-40(37)25-36(31)41(27)34/h2*1-26H. The zero-order valence-corrected chi connectivity index (χ0v) is 54.0. The zero-order valence-electron chi connectivity index (χ0n) is 52.4. The normalized spacial score (nSPS) is 11.7. The van der Waals surface area contributed by atoms with E-state index in [2.05, 4.69) is 182 Å². The van der Waals surface area contributed by atoms with Crippen molar-refractivity contribution in [2.45, 2.75) is 0 Å². The molecule has 20 rings (SSSR count). The van der Waals surface area contributed by atoms with Gasteiger partial charge in [0, 0.05) is 97.2 Å². The number of hydrogen-bond donors (Lipinski definition) is 0. The molecule has 20 aromatic rings. The molecule has 0 aliphatic rings. The van der Waals surface area contributed by atoms with Crippen LogP contribution in [0.5, 0.6) is 0 Å². The van der Waals surface area contributed by atoms with Gasteiger partial charge in [0.2, 0.25) is 0 Å². The van der Waals surface area contributed by atoms with Crippen molar-refractivity contribution in [3.8, 4) is 90.8 Å². The third kappa shape index (κ3) is 10.2. The van der Waals surface area contributed by atoms with Gasteiger partial charge in [-0.3, -0.25) is 9.97 Å². The van der Waals surface area contributed by atoms with Crippen molar-refractivity contribution in [2.75, 3.05) is 0 Å². The summed E-state index contributed by atoms with van der Waals surface area (Å²) < 4.78 is 5.31. The van der Waals surface area contributed by atoms with Crippen molar-refractivity contribution < 1.29 is 0 Å². The van der Waals surface area contributed by atoms with Gasteiger partial charge in [-0.05, 0) is 137 Å². The first-order chi connectivity index (χ1) is 48.5. The molecule has 0 unspecified atom stereocenters. The second-order valence-electron chi connectivity index (χ2n) is 24.6. The van der Waals surface area contributed by atoms with Crippen molar-refractivity contribution in [2.24, 2.45) is 0 Å². The van der Waals surface area contributed by atoms with Crippen LogP contribution in [0.1, 0.15) is 0 Å². The topological polar surface area (TPSA) is 103 Å². The summed E-state index contributed by atoms with van der Waals surface area (Å²) in [5.74, 6) is 3.73. The predicted molar refractivity (Wildman–Crippen MR) is 410 cm³/mol. The van der Waals surface area contributed by atoms with Crippen LogP contribution in [0.2, 0.25) is 0 Å². The molecule has 6 heterocycles. The Balaban J connectivity index is 0.000000137. The largest absolute Gasteiger partial charge is 0.255 e. The highest BCUT2D eigenvalue weighted by molar-refractivity contribution is 7.26. The van der Waals surface area contributed by atoms with Crippen LogP contribution >= 0.6 is 22.7 Å². The van der Waals surface area contributed by atoms with Gasteiger partial charge in [0.05, 0.1) is 11.4 Å². The molecule has 0 saturated heterocycles. The Labute approximate surface area is 570 Å². The first-order valence-corrected chi connectivity index (χ1v) is 34.2. The summed E-state index contributed by atoms with van der Waals surface area (Å²) >= 11 is 3.73. The van der Waals surface area contributed by atoms with Crippen molar-refractivity contribution >= 4 is 128 Å². The van der Waals surface area contributed by atoms with Crippen LogP contribution in [0.15, 0.2) is 316 Å². The average Bonchev–Trinajstić information content (AvgIpc) is 1.31. The van der Waals surface area contributed by atoms with E-state index >= 15 is 0 Å². The molecule has 98 heavy (non-hydrogen) atoms. The Hall–Kier alpha value is -12.6. The average molecular weight is 1290 g/mol. The monoisotopic (exact) mass is 1280 g/mol. The number of fused-ring (bicyclic) bond motifs is 16. The third-order valence-corrected chi connectivity index (χ3v) is 20.9. The first-order valence-electron chi connectivity index (χ1n) is 32.6. The summed E-state index contributed by atoms with van der Waals surface area (Å²) in [5, 5.41) is 20.4. The first kappa shape index (κ1) is 56.9. The van der Waals surface area contributed by atoms with Crippen molar-refractivity contribution in [3.63, 3.8) is 0 Å². The van der Waals surface area contributed by atoms with E-state index in [9.17, 15) is 0 Å². The summed E-state index contributed by atoms with van der Waals surface area (Å²) in [6, 6.07) is 107. The van der Waals surface area contributed by atoms with Crippen LogP contribution in [-0.2, 0) is 0 Å². The summed E-state index contributed by atoms with van der Waals surface area (Å²) in [4.78, 5) is 38.9. The smallest absolute Gasteiger partial charge is 0.165 e. The summed E-state index contributed by atoms with van der Waals surface area (Å²) in [5.41, 5.74) is 9.38. The van der Waals surface area contributed by atoms with Gasteiger partial charge in [-0.1, -0.05) is 231 Å². The van der Waals surface area contributed by atoms with Gasteiger partial charge in [0.1, 0.15) is 0 Å². The number of rotatable bonds is 8. The fraction of sp³-hybridized carbons (Fsp3) is 0. The molecule has 0 spiro atoms. The summed E-state index contributed by atoms with van der Waals surface area (Å²) in [7, 11) is 0. The summed E-state index contributed by atoms with van der Waals surface area (Å²) in [6.07, 6.45) is 3.73. The zero-order chi connectivity index (χ0) is 64.6. The van der Waals surface area contributed by atoms with Gasteiger partial charge in [0.15, 0.2) is 34.9 Å². The van der Waals surface area contributed by atoms with Crippen molar-refractivity contribution in [3.05, 3.63) is 316 Å². The molecule has 0 bridgehead atoms. The van der Waals surface area contributed by atoms with Gasteiger partial charge in [0.25, 0.3) is 0 Å². The van der Waals surface area contributed by atoms with Gasteiger partial charge in [-0.2, -0.15) is 0 Å². The van der Waals surface area contributed by atoms with Crippen LogP contribution in [0.3, 0.4) is 0 Å². The molecule has 0 amide bonds. The highest BCUT2D eigenvalue weighted by atomic mass is 32.1. The van der Waals surface area contributed by atoms with E-state index in [1.165, 1.54) is 105 Å². The van der Waals surface area contributed by atoms with Crippen LogP contribution in [0.25, 0.3) is 196 Å². The lowest BCUT2D eigenvalue weighted by Gasteiger charge is -2.11. The molecule has 0 N–H and O–H groups in total. The minimum atomic E-state index is 0.594. The summed E-state index contributed by atoms with van der Waals surface area (Å²) in [6.45, 7) is 0. The van der Waals surface area contributed by atoms with Gasteiger partial charge in [-0.25, -0.2) is 29.9 Å². The number of thiophene rings is 2. The number of aromatic nitrogens is 8. The van der Waals surface area contributed by atoms with E-state index in [0.29, 0.717) is 34.9 Å². The molecule has 0 aliphatic heterocycles. The Bertz CT molecular complexity index is 6400. The second kappa shape index (κ2) is 23.7. The fourth-order valence-corrected chi connectivity index (χ4v) is 16.1. The van der Waals surface area contributed by atoms with E-state index in [1.54, 1.807) is 0 Å². The van der Waals surface area contributed by atoms with E-state index in [0.717, 1.165) is 55.9 Å². The molecule has 0 fully saturated rings. The maximum Gasteiger partial charge on any atom is 0.165 e. The molecule has 0 saturated carbocycles. The quantitative estimate of drug-likeness (QED) is 0.139. The van der Waals surface area contributed by atoms with Crippen LogP contribution in [0.4, 0.5) is 0 Å². The molecule has 0 radical (unpaired) electrons. The molecule has 0 aliphatic carbocycles. The molecule has 6 aromatic heterocycles. The molecule has 8 nitrogen and oxygen atoms in total. The van der Waals surface area contributed by atoms with E-state index in [1.807, 2.05) is 156 Å². The van der Waals surface area contributed by atoms with E-state index < -0.39 is 0 Å².